The first-order valence-corrected chi connectivity index (χ1v) is 10.8. The number of nitrogens with one attached hydrogen (secondary N) is 2. The first-order valence-electron chi connectivity index (χ1n) is 9.92. The minimum absolute atomic E-state index is 0.112. The summed E-state index contributed by atoms with van der Waals surface area (Å²) in [6.07, 6.45) is 6.63. The van der Waals surface area contributed by atoms with Crippen molar-refractivity contribution in [2.75, 3.05) is 23.3 Å². The highest BCUT2D eigenvalue weighted by atomic mass is 32.1. The molecule has 152 valence electrons. The van der Waals surface area contributed by atoms with E-state index in [-0.39, 0.29) is 30.7 Å². The molecule has 1 aliphatic heterocycles. The van der Waals surface area contributed by atoms with Crippen LogP contribution >= 0.6 is 11.3 Å². The number of nitrogens with zero attached hydrogens (tertiary/aromatic N) is 3. The fourth-order valence-corrected chi connectivity index (χ4v) is 4.37. The van der Waals surface area contributed by atoms with E-state index in [2.05, 4.69) is 26.6 Å². The second kappa shape index (κ2) is 8.65. The van der Waals surface area contributed by atoms with Crippen LogP contribution in [0.5, 0.6) is 0 Å². The van der Waals surface area contributed by atoms with Crippen molar-refractivity contribution < 1.29 is 9.59 Å². The van der Waals surface area contributed by atoms with Gasteiger partial charge in [-0.3, -0.25) is 14.0 Å². The van der Waals surface area contributed by atoms with Gasteiger partial charge in [0.2, 0.25) is 11.8 Å². The van der Waals surface area contributed by atoms with Crippen molar-refractivity contribution in [3.63, 3.8) is 0 Å². The fraction of sp³-hybridized carbons (Fsp3) is 0.381. The minimum Gasteiger partial charge on any atom is -0.371 e. The Morgan fingerprint density at radius 2 is 2.07 bits per heavy atom. The van der Waals surface area contributed by atoms with Gasteiger partial charge in [0.15, 0.2) is 4.96 Å². The number of hydrogen-bond acceptors (Lipinski definition) is 5. The van der Waals surface area contributed by atoms with Gasteiger partial charge in [-0.05, 0) is 38.0 Å². The molecule has 0 radical (unpaired) electrons. The second-order valence-corrected chi connectivity index (χ2v) is 8.34. The number of thiazole rings is 1. The Kier molecular flexibility index (Phi) is 5.80. The van der Waals surface area contributed by atoms with Crippen LogP contribution in [0.2, 0.25) is 0 Å². The van der Waals surface area contributed by atoms with Crippen LogP contribution in [0.3, 0.4) is 0 Å². The second-order valence-electron chi connectivity index (χ2n) is 7.47. The molecule has 3 aromatic rings. The van der Waals surface area contributed by atoms with E-state index < -0.39 is 0 Å². The van der Waals surface area contributed by atoms with Crippen LogP contribution in [0, 0.1) is 0 Å². The monoisotopic (exact) mass is 411 g/mol. The molecule has 0 aliphatic carbocycles. The Labute approximate surface area is 173 Å². The smallest absolute Gasteiger partial charge is 0.226 e. The van der Waals surface area contributed by atoms with Crippen LogP contribution in [-0.2, 0) is 16.0 Å². The lowest BCUT2D eigenvalue weighted by molar-refractivity contribution is -0.121. The van der Waals surface area contributed by atoms with E-state index in [0.29, 0.717) is 0 Å². The van der Waals surface area contributed by atoms with Gasteiger partial charge < -0.3 is 15.5 Å². The van der Waals surface area contributed by atoms with Gasteiger partial charge in [-0.25, -0.2) is 4.98 Å². The first-order chi connectivity index (χ1) is 14.1. The Hall–Kier alpha value is -2.87. The third-order valence-electron chi connectivity index (χ3n) is 4.98. The van der Waals surface area contributed by atoms with Crippen molar-refractivity contribution in [3.8, 4) is 0 Å². The number of anilines is 2. The molecule has 1 aromatic carbocycles. The van der Waals surface area contributed by atoms with E-state index in [1.807, 2.05) is 47.3 Å². The van der Waals surface area contributed by atoms with Gasteiger partial charge in [0.05, 0.1) is 12.1 Å². The van der Waals surface area contributed by atoms with E-state index in [1.165, 1.54) is 24.2 Å². The zero-order chi connectivity index (χ0) is 20.2. The maximum absolute atomic E-state index is 12.4. The summed E-state index contributed by atoms with van der Waals surface area (Å²) in [5.74, 6) is -0.244. The molecular weight excluding hydrogens is 386 g/mol. The molecule has 29 heavy (non-hydrogen) atoms. The number of carbonyl (C=O) groups is 2. The number of carbonyl (C=O) groups excluding carboxylic acids is 2. The third kappa shape index (κ3) is 4.95. The number of hydrogen-bond donors (Lipinski definition) is 2. The van der Waals surface area contributed by atoms with Crippen molar-refractivity contribution in [1.82, 2.24) is 14.7 Å². The van der Waals surface area contributed by atoms with Crippen LogP contribution < -0.4 is 15.5 Å². The number of aromatic nitrogens is 2. The predicted molar refractivity (Wildman–Crippen MR) is 116 cm³/mol. The molecule has 3 heterocycles. The third-order valence-corrected chi connectivity index (χ3v) is 5.76. The van der Waals surface area contributed by atoms with Crippen molar-refractivity contribution in [2.45, 2.75) is 38.6 Å². The summed E-state index contributed by atoms with van der Waals surface area (Å²) < 4.78 is 1.90. The summed E-state index contributed by atoms with van der Waals surface area (Å²) in [5.41, 5.74) is 2.65. The summed E-state index contributed by atoms with van der Waals surface area (Å²) >= 11 is 1.53. The molecule has 0 saturated carbocycles. The summed E-state index contributed by atoms with van der Waals surface area (Å²) in [4.78, 5) is 32.3. The lowest BCUT2D eigenvalue weighted by Crippen LogP contribution is -2.36. The molecule has 2 amide bonds. The number of amides is 2. The zero-order valence-electron chi connectivity index (χ0n) is 16.4. The SMILES string of the molecule is CC(CC(=O)Nc1cccc(N2CCCC2)c1)NC(=O)Cc1cn2ccsc2n1. The van der Waals surface area contributed by atoms with Crippen molar-refractivity contribution in [2.24, 2.45) is 0 Å². The molecule has 1 aliphatic rings. The molecular formula is C21H25N5O2S. The largest absolute Gasteiger partial charge is 0.371 e. The van der Waals surface area contributed by atoms with E-state index >= 15 is 0 Å². The van der Waals surface area contributed by atoms with Gasteiger partial charge in [0.25, 0.3) is 0 Å². The van der Waals surface area contributed by atoms with Crippen molar-refractivity contribution in [1.29, 1.82) is 0 Å². The van der Waals surface area contributed by atoms with E-state index in [1.54, 1.807) is 0 Å². The number of fused-ring (bicyclic) bond motifs is 1. The Morgan fingerprint density at radius 3 is 2.86 bits per heavy atom. The van der Waals surface area contributed by atoms with E-state index in [0.717, 1.165) is 35.1 Å². The van der Waals surface area contributed by atoms with Gasteiger partial charge in [0, 0.05) is 54.7 Å². The number of rotatable bonds is 7. The Balaban J connectivity index is 1.26. The zero-order valence-corrected chi connectivity index (χ0v) is 17.2. The molecule has 2 aromatic heterocycles. The van der Waals surface area contributed by atoms with Crippen LogP contribution in [0.15, 0.2) is 42.0 Å². The highest BCUT2D eigenvalue weighted by Crippen LogP contribution is 2.23. The minimum atomic E-state index is -0.256. The average molecular weight is 412 g/mol. The lowest BCUT2D eigenvalue weighted by Gasteiger charge is -2.19. The number of benzene rings is 1. The van der Waals surface area contributed by atoms with Crippen LogP contribution in [-0.4, -0.2) is 40.3 Å². The molecule has 0 bridgehead atoms. The highest BCUT2D eigenvalue weighted by molar-refractivity contribution is 7.15. The van der Waals surface area contributed by atoms with Crippen LogP contribution in [0.1, 0.15) is 31.9 Å². The molecule has 1 fully saturated rings. The van der Waals surface area contributed by atoms with Gasteiger partial charge in [-0.1, -0.05) is 6.07 Å². The Morgan fingerprint density at radius 1 is 1.24 bits per heavy atom. The Bertz CT molecular complexity index is 977. The van der Waals surface area contributed by atoms with Crippen LogP contribution in [0.4, 0.5) is 11.4 Å². The lowest BCUT2D eigenvalue weighted by atomic mass is 10.2. The normalized spacial score (nSPS) is 14.9. The number of imidazole rings is 1. The quantitative estimate of drug-likeness (QED) is 0.626. The van der Waals surface area contributed by atoms with Gasteiger partial charge in [-0.15, -0.1) is 11.3 Å². The highest BCUT2D eigenvalue weighted by Gasteiger charge is 2.16. The van der Waals surface area contributed by atoms with Gasteiger partial charge in [0.1, 0.15) is 0 Å². The standard InChI is InChI=1S/C21H25N5O2S/c1-15(22-20(28)13-17-14-26-9-10-29-21(26)24-17)11-19(27)23-16-5-4-6-18(12-16)25-7-2-3-8-25/h4-6,9-10,12,14-15H,2-3,7-8,11,13H2,1H3,(H,22,28)(H,23,27). The van der Waals surface area contributed by atoms with Crippen molar-refractivity contribution >= 4 is 39.5 Å². The summed E-state index contributed by atoms with van der Waals surface area (Å²) in [5, 5.41) is 7.78. The molecule has 2 N–H and O–H groups in total. The summed E-state index contributed by atoms with van der Waals surface area (Å²) in [6, 6.07) is 7.68. The molecule has 1 atom stereocenters. The molecule has 1 unspecified atom stereocenters. The topological polar surface area (TPSA) is 78.7 Å². The van der Waals surface area contributed by atoms with E-state index in [4.69, 9.17) is 0 Å². The maximum Gasteiger partial charge on any atom is 0.226 e. The molecule has 8 heteroatoms. The summed E-state index contributed by atoms with van der Waals surface area (Å²) in [6.45, 7) is 3.97. The predicted octanol–water partition coefficient (Wildman–Crippen LogP) is 3.07. The van der Waals surface area contributed by atoms with E-state index in [9.17, 15) is 9.59 Å². The summed E-state index contributed by atoms with van der Waals surface area (Å²) in [7, 11) is 0. The molecule has 7 nitrogen and oxygen atoms in total. The first kappa shape index (κ1) is 19.4. The fourth-order valence-electron chi connectivity index (χ4n) is 3.65. The average Bonchev–Trinajstić information content (AvgIpc) is 3.39. The molecule has 1 saturated heterocycles. The van der Waals surface area contributed by atoms with Crippen molar-refractivity contribution in [3.05, 3.63) is 47.7 Å². The van der Waals surface area contributed by atoms with Gasteiger partial charge in [-0.2, -0.15) is 0 Å². The molecule has 0 spiro atoms. The maximum atomic E-state index is 12.4. The molecule has 4 rings (SSSR count). The van der Waals surface area contributed by atoms with Crippen LogP contribution in [0.25, 0.3) is 4.96 Å². The van der Waals surface area contributed by atoms with Gasteiger partial charge >= 0.3 is 0 Å².